The zero-order chi connectivity index (χ0) is 13.7. The van der Waals surface area contributed by atoms with Gasteiger partial charge in [0, 0.05) is 6.42 Å². The van der Waals surface area contributed by atoms with Gasteiger partial charge in [-0.05, 0) is 23.3 Å². The first-order chi connectivity index (χ1) is 9.20. The number of halogens is 1. The maximum Gasteiger partial charge on any atom is 0.345 e. The van der Waals surface area contributed by atoms with E-state index in [-0.39, 0.29) is 18.8 Å². The zero-order valence-corrected chi connectivity index (χ0v) is 11.9. The molecule has 0 bridgehead atoms. The molecule has 0 saturated heterocycles. The van der Waals surface area contributed by atoms with E-state index in [4.69, 9.17) is 0 Å². The van der Waals surface area contributed by atoms with E-state index in [0.29, 0.717) is 5.56 Å². The highest BCUT2D eigenvalue weighted by molar-refractivity contribution is 5.97. The number of rotatable bonds is 3. The first-order valence-corrected chi connectivity index (χ1v) is 6.11. The lowest BCUT2D eigenvalue weighted by Gasteiger charge is -2.04. The van der Waals surface area contributed by atoms with Gasteiger partial charge in [-0.25, -0.2) is 4.79 Å². The minimum atomic E-state index is -0.605. The van der Waals surface area contributed by atoms with Gasteiger partial charge in [0.2, 0.25) is 0 Å². The highest BCUT2D eigenvalue weighted by atomic mass is 35.5. The quantitative estimate of drug-likeness (QED) is 0.636. The third kappa shape index (κ3) is 3.93. The maximum atomic E-state index is 11.6. The van der Waals surface area contributed by atoms with Crippen LogP contribution in [0, 0.1) is 0 Å². The molecule has 0 spiro atoms. The Morgan fingerprint density at radius 1 is 0.900 bits per heavy atom. The minimum absolute atomic E-state index is 0. The maximum absolute atomic E-state index is 11.6. The predicted octanol–water partition coefficient (Wildman–Crippen LogP) is 3.87. The highest BCUT2D eigenvalue weighted by Crippen LogP contribution is 2.19. The number of hydrogen-bond donors (Lipinski definition) is 0. The van der Waals surface area contributed by atoms with Crippen LogP contribution in [0.25, 0.3) is 11.1 Å². The molecule has 4 heteroatoms. The summed E-state index contributed by atoms with van der Waals surface area (Å²) >= 11 is 0. The number of benzene rings is 2. The fourth-order valence-corrected chi connectivity index (χ4v) is 1.66. The van der Waals surface area contributed by atoms with Crippen molar-refractivity contribution in [2.45, 2.75) is 13.3 Å². The van der Waals surface area contributed by atoms with Crippen molar-refractivity contribution in [1.29, 1.82) is 0 Å². The molecule has 0 unspecified atom stereocenters. The molecule has 0 saturated carbocycles. The van der Waals surface area contributed by atoms with Gasteiger partial charge in [-0.1, -0.05) is 49.4 Å². The van der Waals surface area contributed by atoms with Gasteiger partial charge in [-0.2, -0.15) is 0 Å². The average Bonchev–Trinajstić information content (AvgIpc) is 2.48. The molecule has 3 nitrogen and oxygen atoms in total. The molecular formula is C16H15ClO3. The molecule has 0 amide bonds. The second-order valence-corrected chi connectivity index (χ2v) is 4.06. The number of carbonyl (C=O) groups is 2. The fourth-order valence-electron chi connectivity index (χ4n) is 1.66. The van der Waals surface area contributed by atoms with Gasteiger partial charge in [0.1, 0.15) is 0 Å². The molecule has 2 aromatic rings. The van der Waals surface area contributed by atoms with Crippen molar-refractivity contribution < 1.29 is 14.3 Å². The van der Waals surface area contributed by atoms with Crippen molar-refractivity contribution in [2.24, 2.45) is 0 Å². The van der Waals surface area contributed by atoms with Gasteiger partial charge in [-0.3, -0.25) is 4.79 Å². The van der Waals surface area contributed by atoms with Crippen LogP contribution in [0.1, 0.15) is 23.7 Å². The molecule has 0 N–H and O–H groups in total. The fraction of sp³-hybridized carbons (Fsp3) is 0.125. The zero-order valence-electron chi connectivity index (χ0n) is 11.0. The first-order valence-electron chi connectivity index (χ1n) is 6.11. The van der Waals surface area contributed by atoms with Crippen molar-refractivity contribution in [3.05, 3.63) is 60.2 Å². The largest absolute Gasteiger partial charge is 0.389 e. The van der Waals surface area contributed by atoms with E-state index >= 15 is 0 Å². The first kappa shape index (κ1) is 15.9. The van der Waals surface area contributed by atoms with Gasteiger partial charge in [-0.15, -0.1) is 12.4 Å². The molecule has 0 heterocycles. The van der Waals surface area contributed by atoms with E-state index in [0.717, 1.165) is 11.1 Å². The molecule has 0 aliphatic rings. The third-order valence-corrected chi connectivity index (χ3v) is 2.72. The summed E-state index contributed by atoms with van der Waals surface area (Å²) in [6.45, 7) is 1.65. The third-order valence-electron chi connectivity index (χ3n) is 2.72. The van der Waals surface area contributed by atoms with Gasteiger partial charge in [0.25, 0.3) is 0 Å². The van der Waals surface area contributed by atoms with E-state index in [1.54, 1.807) is 19.1 Å². The molecule has 0 aliphatic carbocycles. The second kappa shape index (κ2) is 7.46. The van der Waals surface area contributed by atoms with Gasteiger partial charge >= 0.3 is 11.9 Å². The SMILES string of the molecule is CCC(=O)OC(=O)c1ccc(-c2ccccc2)cc1.Cl. The van der Waals surface area contributed by atoms with Gasteiger partial charge in [0.15, 0.2) is 0 Å². The monoisotopic (exact) mass is 290 g/mol. The Labute approximate surface area is 124 Å². The van der Waals surface area contributed by atoms with Crippen LogP contribution < -0.4 is 0 Å². The normalized spacial score (nSPS) is 9.45. The Kier molecular flexibility index (Phi) is 5.94. The van der Waals surface area contributed by atoms with Crippen LogP contribution in [-0.2, 0) is 9.53 Å². The number of hydrogen-bond acceptors (Lipinski definition) is 3. The molecule has 0 atom stereocenters. The van der Waals surface area contributed by atoms with E-state index < -0.39 is 11.9 Å². The second-order valence-electron chi connectivity index (χ2n) is 4.06. The summed E-state index contributed by atoms with van der Waals surface area (Å²) in [6, 6.07) is 16.8. The molecule has 20 heavy (non-hydrogen) atoms. The summed E-state index contributed by atoms with van der Waals surface area (Å²) in [6.07, 6.45) is 0.188. The summed E-state index contributed by atoms with van der Waals surface area (Å²) < 4.78 is 4.65. The lowest BCUT2D eigenvalue weighted by atomic mass is 10.0. The molecule has 0 aromatic heterocycles. The molecule has 104 valence electrons. The topological polar surface area (TPSA) is 43.4 Å². The van der Waals surface area contributed by atoms with Crippen LogP contribution in [0.4, 0.5) is 0 Å². The van der Waals surface area contributed by atoms with Crippen LogP contribution in [-0.4, -0.2) is 11.9 Å². The number of esters is 2. The van der Waals surface area contributed by atoms with Crippen LogP contribution in [0.2, 0.25) is 0 Å². The highest BCUT2D eigenvalue weighted by Gasteiger charge is 2.11. The standard InChI is InChI=1S/C16H14O3.ClH/c1-2-15(17)19-16(18)14-10-8-13(9-11-14)12-6-4-3-5-7-12;/h3-11H,2H2,1H3;1H. The lowest BCUT2D eigenvalue weighted by Crippen LogP contribution is -2.11. The van der Waals surface area contributed by atoms with Crippen molar-refractivity contribution >= 4 is 24.3 Å². The summed E-state index contributed by atoms with van der Waals surface area (Å²) in [7, 11) is 0. The molecule has 0 radical (unpaired) electrons. The van der Waals surface area contributed by atoms with E-state index in [1.807, 2.05) is 42.5 Å². The van der Waals surface area contributed by atoms with E-state index in [1.165, 1.54) is 0 Å². The van der Waals surface area contributed by atoms with Crippen LogP contribution >= 0.6 is 12.4 Å². The molecule has 0 aliphatic heterocycles. The van der Waals surface area contributed by atoms with Crippen LogP contribution in [0.15, 0.2) is 54.6 Å². The Balaban J connectivity index is 0.00000200. The molecule has 2 aromatic carbocycles. The van der Waals surface area contributed by atoms with Crippen molar-refractivity contribution in [3.63, 3.8) is 0 Å². The Morgan fingerprint density at radius 3 is 2.00 bits per heavy atom. The van der Waals surface area contributed by atoms with Gasteiger partial charge < -0.3 is 4.74 Å². The summed E-state index contributed by atoms with van der Waals surface area (Å²) in [4.78, 5) is 22.7. The summed E-state index contributed by atoms with van der Waals surface area (Å²) in [5.41, 5.74) is 2.47. The lowest BCUT2D eigenvalue weighted by molar-refractivity contribution is -0.137. The van der Waals surface area contributed by atoms with Gasteiger partial charge in [0.05, 0.1) is 5.56 Å². The smallest absolute Gasteiger partial charge is 0.345 e. The summed E-state index contributed by atoms with van der Waals surface area (Å²) in [5, 5.41) is 0. The van der Waals surface area contributed by atoms with Crippen molar-refractivity contribution in [2.75, 3.05) is 0 Å². The van der Waals surface area contributed by atoms with E-state index in [9.17, 15) is 9.59 Å². The minimum Gasteiger partial charge on any atom is -0.389 e. The van der Waals surface area contributed by atoms with Crippen LogP contribution in [0.5, 0.6) is 0 Å². The molecular weight excluding hydrogens is 276 g/mol. The Morgan fingerprint density at radius 2 is 1.45 bits per heavy atom. The van der Waals surface area contributed by atoms with Crippen LogP contribution in [0.3, 0.4) is 0 Å². The van der Waals surface area contributed by atoms with Crippen molar-refractivity contribution in [3.8, 4) is 11.1 Å². The van der Waals surface area contributed by atoms with Crippen molar-refractivity contribution in [1.82, 2.24) is 0 Å². The molecule has 0 fully saturated rings. The summed E-state index contributed by atoms with van der Waals surface area (Å²) in [5.74, 6) is -1.12. The predicted molar refractivity (Wildman–Crippen MR) is 79.8 cm³/mol. The average molecular weight is 291 g/mol. The van der Waals surface area contributed by atoms with E-state index in [2.05, 4.69) is 4.74 Å². The Bertz CT molecular complexity index is 576. The molecule has 2 rings (SSSR count). The Hall–Kier alpha value is -2.13. The number of carbonyl (C=O) groups excluding carboxylic acids is 2. The number of ether oxygens (including phenoxy) is 1.